The fraction of sp³-hybridized carbons (Fsp3) is 0.368. The van der Waals surface area contributed by atoms with Gasteiger partial charge >= 0.3 is 5.97 Å². The summed E-state index contributed by atoms with van der Waals surface area (Å²) in [4.78, 5) is 38.4. The molecule has 0 atom stereocenters. The van der Waals surface area contributed by atoms with Gasteiger partial charge in [0.05, 0.1) is 12.7 Å². The van der Waals surface area contributed by atoms with Crippen molar-refractivity contribution in [3.63, 3.8) is 0 Å². The molecule has 0 saturated carbocycles. The Hall–Kier alpha value is -3.34. The molecule has 1 aromatic carbocycles. The van der Waals surface area contributed by atoms with E-state index in [1.54, 1.807) is 34.1 Å². The molecule has 27 heavy (non-hydrogen) atoms. The Morgan fingerprint density at radius 2 is 1.74 bits per heavy atom. The highest BCUT2D eigenvalue weighted by Gasteiger charge is 2.24. The first kappa shape index (κ1) is 20.0. The minimum atomic E-state index is -0.406. The molecule has 0 radical (unpaired) electrons. The van der Waals surface area contributed by atoms with Crippen LogP contribution in [0.4, 0.5) is 0 Å². The lowest BCUT2D eigenvalue weighted by atomic mass is 10.1. The number of ether oxygens (including phenoxy) is 1. The van der Waals surface area contributed by atoms with Crippen molar-refractivity contribution in [3.05, 3.63) is 47.2 Å². The predicted octanol–water partition coefficient (Wildman–Crippen LogP) is 0.661. The molecular weight excluding hydrogens is 348 g/mol. The van der Waals surface area contributed by atoms with Gasteiger partial charge in [0.15, 0.2) is 0 Å². The fourth-order valence-electron chi connectivity index (χ4n) is 2.68. The number of hydrogen-bond donors (Lipinski definition) is 1. The van der Waals surface area contributed by atoms with Crippen molar-refractivity contribution in [1.29, 1.82) is 5.26 Å². The molecule has 0 spiro atoms. The smallest absolute Gasteiger partial charge is 0.337 e. The van der Waals surface area contributed by atoms with Gasteiger partial charge in [0.2, 0.25) is 5.91 Å². The van der Waals surface area contributed by atoms with Gasteiger partial charge in [0, 0.05) is 45.8 Å². The molecule has 0 aromatic heterocycles. The van der Waals surface area contributed by atoms with Crippen LogP contribution in [0.5, 0.6) is 0 Å². The number of methoxy groups -OCH3 is 1. The number of rotatable bonds is 5. The third kappa shape index (κ3) is 5.31. The van der Waals surface area contributed by atoms with E-state index in [4.69, 9.17) is 0 Å². The molecule has 1 N–H and O–H groups in total. The summed E-state index contributed by atoms with van der Waals surface area (Å²) in [6.07, 6.45) is 1.40. The fourth-order valence-corrected chi connectivity index (χ4v) is 2.68. The normalized spacial score (nSPS) is 14.3. The molecule has 1 aliphatic heterocycles. The highest BCUT2D eigenvalue weighted by Crippen LogP contribution is 2.08. The van der Waals surface area contributed by atoms with E-state index in [1.807, 2.05) is 6.07 Å². The highest BCUT2D eigenvalue weighted by atomic mass is 16.5. The quantitative estimate of drug-likeness (QED) is 0.464. The van der Waals surface area contributed by atoms with Crippen molar-refractivity contribution in [2.45, 2.75) is 13.5 Å². The van der Waals surface area contributed by atoms with Crippen LogP contribution in [0, 0.1) is 11.3 Å². The molecule has 0 unspecified atom stereocenters. The van der Waals surface area contributed by atoms with E-state index in [-0.39, 0.29) is 17.4 Å². The number of benzene rings is 1. The monoisotopic (exact) mass is 370 g/mol. The summed E-state index contributed by atoms with van der Waals surface area (Å²) in [7, 11) is 1.32. The highest BCUT2D eigenvalue weighted by molar-refractivity contribution is 5.97. The lowest BCUT2D eigenvalue weighted by molar-refractivity contribution is -0.136. The zero-order chi connectivity index (χ0) is 19.8. The van der Waals surface area contributed by atoms with Crippen molar-refractivity contribution in [2.24, 2.45) is 0 Å². The lowest BCUT2D eigenvalue weighted by Gasteiger charge is -2.34. The van der Waals surface area contributed by atoms with E-state index < -0.39 is 5.97 Å². The number of esters is 1. The minimum absolute atomic E-state index is 0.0115. The Morgan fingerprint density at radius 1 is 1.15 bits per heavy atom. The van der Waals surface area contributed by atoms with Crippen LogP contribution in [0.2, 0.25) is 0 Å². The van der Waals surface area contributed by atoms with Crippen LogP contribution >= 0.6 is 0 Å². The number of piperazine rings is 1. The van der Waals surface area contributed by atoms with Crippen molar-refractivity contribution < 1.29 is 19.1 Å². The first-order valence-electron chi connectivity index (χ1n) is 8.52. The summed E-state index contributed by atoms with van der Waals surface area (Å²) in [5.74, 6) is -0.774. The van der Waals surface area contributed by atoms with Gasteiger partial charge in [-0.2, -0.15) is 5.26 Å². The summed E-state index contributed by atoms with van der Waals surface area (Å²) in [5, 5.41) is 12.2. The average molecular weight is 370 g/mol. The van der Waals surface area contributed by atoms with Gasteiger partial charge in [-0.3, -0.25) is 9.59 Å². The first-order chi connectivity index (χ1) is 13.0. The lowest BCUT2D eigenvalue weighted by Crippen LogP contribution is -2.50. The Bertz CT molecular complexity index is 772. The average Bonchev–Trinajstić information content (AvgIpc) is 2.70. The molecule has 1 saturated heterocycles. The van der Waals surface area contributed by atoms with E-state index in [1.165, 1.54) is 20.2 Å². The zero-order valence-corrected chi connectivity index (χ0v) is 15.4. The second-order valence-electron chi connectivity index (χ2n) is 6.04. The predicted molar refractivity (Wildman–Crippen MR) is 97.2 cm³/mol. The van der Waals surface area contributed by atoms with Crippen LogP contribution in [0.25, 0.3) is 0 Å². The Balaban J connectivity index is 1.90. The van der Waals surface area contributed by atoms with Gasteiger partial charge in [-0.25, -0.2) is 4.79 Å². The standard InChI is InChI=1S/C19H22N4O4/c1-14(24)22-7-9-23(10-8-22)18(25)17(11-20)13-21-12-15-3-5-16(6-4-15)19(26)27-2/h3-6,13,21H,7-10,12H2,1-2H3/b17-13-. The molecule has 8 heteroatoms. The van der Waals surface area contributed by atoms with Crippen molar-refractivity contribution in [3.8, 4) is 6.07 Å². The van der Waals surface area contributed by atoms with Gasteiger partial charge in [-0.15, -0.1) is 0 Å². The number of carbonyl (C=O) groups is 3. The van der Waals surface area contributed by atoms with Crippen LogP contribution in [0.15, 0.2) is 36.0 Å². The second kappa shape index (κ2) is 9.38. The SMILES string of the molecule is COC(=O)c1ccc(CN/C=C(/C#N)C(=O)N2CCN(C(C)=O)CC2)cc1. The van der Waals surface area contributed by atoms with Gasteiger partial charge in [0.1, 0.15) is 11.6 Å². The number of hydrogen-bond acceptors (Lipinski definition) is 6. The maximum absolute atomic E-state index is 12.4. The van der Waals surface area contributed by atoms with E-state index in [9.17, 15) is 19.6 Å². The number of nitriles is 1. The number of amides is 2. The first-order valence-corrected chi connectivity index (χ1v) is 8.52. The number of nitrogens with one attached hydrogen (secondary N) is 1. The third-order valence-corrected chi connectivity index (χ3v) is 4.29. The molecule has 2 amide bonds. The summed E-state index contributed by atoms with van der Waals surface area (Å²) >= 11 is 0. The molecular formula is C19H22N4O4. The maximum Gasteiger partial charge on any atom is 0.337 e. The molecule has 1 fully saturated rings. The summed E-state index contributed by atoms with van der Waals surface area (Å²) in [6, 6.07) is 8.75. The van der Waals surface area contributed by atoms with Crippen molar-refractivity contribution >= 4 is 17.8 Å². The van der Waals surface area contributed by atoms with E-state index in [0.29, 0.717) is 38.3 Å². The Kier molecular flexibility index (Phi) is 6.94. The molecule has 142 valence electrons. The molecule has 0 bridgehead atoms. The van der Waals surface area contributed by atoms with Gasteiger partial charge in [-0.05, 0) is 17.7 Å². The molecule has 1 aromatic rings. The van der Waals surface area contributed by atoms with E-state index >= 15 is 0 Å². The number of carbonyl (C=O) groups excluding carboxylic acids is 3. The van der Waals surface area contributed by atoms with Gasteiger partial charge in [-0.1, -0.05) is 12.1 Å². The van der Waals surface area contributed by atoms with Gasteiger partial charge in [0.25, 0.3) is 5.91 Å². The Morgan fingerprint density at radius 3 is 2.26 bits per heavy atom. The summed E-state index contributed by atoms with van der Waals surface area (Å²) in [5.41, 5.74) is 1.35. The van der Waals surface area contributed by atoms with Gasteiger partial charge < -0.3 is 19.9 Å². The Labute approximate surface area is 158 Å². The van der Waals surface area contributed by atoms with Crippen molar-refractivity contribution in [1.82, 2.24) is 15.1 Å². The third-order valence-electron chi connectivity index (χ3n) is 4.29. The minimum Gasteiger partial charge on any atom is -0.465 e. The van der Waals surface area contributed by atoms with Crippen molar-refractivity contribution in [2.75, 3.05) is 33.3 Å². The topological polar surface area (TPSA) is 103 Å². The largest absolute Gasteiger partial charge is 0.465 e. The second-order valence-corrected chi connectivity index (χ2v) is 6.04. The molecule has 1 heterocycles. The van der Waals surface area contributed by atoms with Crippen LogP contribution in [0.3, 0.4) is 0 Å². The molecule has 2 rings (SSSR count). The summed E-state index contributed by atoms with van der Waals surface area (Å²) in [6.45, 7) is 3.66. The van der Waals surface area contributed by atoms with Crippen LogP contribution in [0.1, 0.15) is 22.8 Å². The van der Waals surface area contributed by atoms with Crippen LogP contribution in [-0.2, 0) is 20.9 Å². The van der Waals surface area contributed by atoms with Crippen LogP contribution in [-0.4, -0.2) is 60.9 Å². The molecule has 8 nitrogen and oxygen atoms in total. The molecule has 1 aliphatic rings. The number of nitrogens with zero attached hydrogens (tertiary/aromatic N) is 3. The van der Waals surface area contributed by atoms with E-state index in [0.717, 1.165) is 5.56 Å². The zero-order valence-electron chi connectivity index (χ0n) is 15.4. The van der Waals surface area contributed by atoms with E-state index in [2.05, 4.69) is 10.1 Å². The molecule has 0 aliphatic carbocycles. The summed E-state index contributed by atoms with van der Waals surface area (Å²) < 4.78 is 4.64. The van der Waals surface area contributed by atoms with Crippen LogP contribution < -0.4 is 5.32 Å². The maximum atomic E-state index is 12.4.